The molecule has 0 radical (unpaired) electrons. The van der Waals surface area contributed by atoms with E-state index in [4.69, 9.17) is 25.8 Å². The monoisotopic (exact) mass is 446 g/mol. The van der Waals surface area contributed by atoms with Gasteiger partial charge >= 0.3 is 0 Å². The SMILES string of the molecule is CNC(=O)COc1ccc(C(=O)NCC2(c3ccc(Cl)cc3)CCOCC2)cc1OC. The number of methoxy groups -OCH3 is 1. The van der Waals surface area contributed by atoms with Crippen molar-refractivity contribution in [3.05, 3.63) is 58.6 Å². The molecule has 31 heavy (non-hydrogen) atoms. The Labute approximate surface area is 187 Å². The number of hydrogen-bond donors (Lipinski definition) is 2. The van der Waals surface area contributed by atoms with Crippen LogP contribution in [0.25, 0.3) is 0 Å². The van der Waals surface area contributed by atoms with Crippen LogP contribution in [0.5, 0.6) is 11.5 Å². The maximum Gasteiger partial charge on any atom is 0.257 e. The number of benzene rings is 2. The molecule has 0 aromatic heterocycles. The second-order valence-corrected chi connectivity index (χ2v) is 7.85. The number of rotatable bonds is 8. The fraction of sp³-hybridized carbons (Fsp3) is 0.391. The molecule has 2 aromatic carbocycles. The van der Waals surface area contributed by atoms with Crippen LogP contribution in [0.15, 0.2) is 42.5 Å². The van der Waals surface area contributed by atoms with E-state index in [1.54, 1.807) is 18.2 Å². The van der Waals surface area contributed by atoms with E-state index in [9.17, 15) is 9.59 Å². The lowest BCUT2D eigenvalue weighted by molar-refractivity contribution is -0.122. The van der Waals surface area contributed by atoms with Crippen molar-refractivity contribution in [2.75, 3.05) is 40.5 Å². The van der Waals surface area contributed by atoms with Crippen molar-refractivity contribution in [1.29, 1.82) is 0 Å². The van der Waals surface area contributed by atoms with E-state index in [1.165, 1.54) is 14.2 Å². The Balaban J connectivity index is 1.72. The first-order valence-electron chi connectivity index (χ1n) is 10.1. The summed E-state index contributed by atoms with van der Waals surface area (Å²) in [5.41, 5.74) is 1.37. The van der Waals surface area contributed by atoms with E-state index in [2.05, 4.69) is 10.6 Å². The summed E-state index contributed by atoms with van der Waals surface area (Å²) in [6, 6.07) is 12.7. The Morgan fingerprint density at radius 3 is 2.45 bits per heavy atom. The Kier molecular flexibility index (Phi) is 7.76. The van der Waals surface area contributed by atoms with Crippen molar-refractivity contribution in [3.8, 4) is 11.5 Å². The lowest BCUT2D eigenvalue weighted by atomic mass is 9.74. The van der Waals surface area contributed by atoms with Gasteiger partial charge in [-0.3, -0.25) is 9.59 Å². The van der Waals surface area contributed by atoms with Gasteiger partial charge in [0.2, 0.25) is 0 Å². The standard InChI is InChI=1S/C23H27ClN2O5/c1-25-21(27)14-31-19-8-3-16(13-20(19)29-2)22(28)26-15-23(9-11-30-12-10-23)17-4-6-18(24)7-5-17/h3-8,13H,9-12,14-15H2,1-2H3,(H,25,27)(H,26,28). The summed E-state index contributed by atoms with van der Waals surface area (Å²) in [7, 11) is 3.02. The van der Waals surface area contributed by atoms with Crippen molar-refractivity contribution in [2.24, 2.45) is 0 Å². The molecular formula is C23H27ClN2O5. The highest BCUT2D eigenvalue weighted by molar-refractivity contribution is 6.30. The molecule has 0 unspecified atom stereocenters. The summed E-state index contributed by atoms with van der Waals surface area (Å²) in [6.07, 6.45) is 1.62. The maximum absolute atomic E-state index is 12.9. The largest absolute Gasteiger partial charge is 0.493 e. The van der Waals surface area contributed by atoms with Gasteiger partial charge in [0.15, 0.2) is 18.1 Å². The minimum absolute atomic E-state index is 0.135. The first kappa shape index (κ1) is 22.9. The molecule has 1 aliphatic heterocycles. The Bertz CT molecular complexity index is 911. The van der Waals surface area contributed by atoms with Crippen molar-refractivity contribution < 1.29 is 23.8 Å². The zero-order valence-electron chi connectivity index (χ0n) is 17.7. The number of halogens is 1. The van der Waals surface area contributed by atoms with Crippen molar-refractivity contribution >= 4 is 23.4 Å². The summed E-state index contributed by atoms with van der Waals surface area (Å²) in [5, 5.41) is 6.23. The zero-order valence-corrected chi connectivity index (χ0v) is 18.5. The summed E-state index contributed by atoms with van der Waals surface area (Å²) in [6.45, 7) is 1.63. The highest BCUT2D eigenvalue weighted by Crippen LogP contribution is 2.35. The number of nitrogens with one attached hydrogen (secondary N) is 2. The van der Waals surface area contributed by atoms with Crippen LogP contribution in [0.3, 0.4) is 0 Å². The molecule has 0 aliphatic carbocycles. The van der Waals surface area contributed by atoms with E-state index >= 15 is 0 Å². The zero-order chi connectivity index (χ0) is 22.3. The number of ether oxygens (including phenoxy) is 3. The van der Waals surface area contributed by atoms with Gasteiger partial charge in [0.1, 0.15) is 0 Å². The number of carbonyl (C=O) groups is 2. The fourth-order valence-corrected chi connectivity index (χ4v) is 3.75. The van der Waals surface area contributed by atoms with Crippen LogP contribution in [0.1, 0.15) is 28.8 Å². The van der Waals surface area contributed by atoms with Gasteiger partial charge in [-0.15, -0.1) is 0 Å². The second kappa shape index (κ2) is 10.5. The van der Waals surface area contributed by atoms with Crippen molar-refractivity contribution in [2.45, 2.75) is 18.3 Å². The van der Waals surface area contributed by atoms with Crippen molar-refractivity contribution in [1.82, 2.24) is 10.6 Å². The normalized spacial score (nSPS) is 15.1. The van der Waals surface area contributed by atoms with Gasteiger partial charge in [0.25, 0.3) is 11.8 Å². The number of likely N-dealkylation sites (N-methyl/N-ethyl adjacent to an activating group) is 1. The first-order chi connectivity index (χ1) is 15.0. The molecule has 0 atom stereocenters. The van der Waals surface area contributed by atoms with E-state index in [0.29, 0.717) is 41.8 Å². The van der Waals surface area contributed by atoms with Crippen LogP contribution in [-0.4, -0.2) is 52.3 Å². The van der Waals surface area contributed by atoms with Gasteiger partial charge < -0.3 is 24.8 Å². The minimum Gasteiger partial charge on any atom is -0.493 e. The molecule has 1 heterocycles. The van der Waals surface area contributed by atoms with Gasteiger partial charge in [-0.25, -0.2) is 0 Å². The van der Waals surface area contributed by atoms with E-state index in [1.807, 2.05) is 24.3 Å². The van der Waals surface area contributed by atoms with Gasteiger partial charge in [-0.05, 0) is 48.7 Å². The third-order valence-corrected chi connectivity index (χ3v) is 5.81. The van der Waals surface area contributed by atoms with Crippen LogP contribution < -0.4 is 20.1 Å². The maximum atomic E-state index is 12.9. The topological polar surface area (TPSA) is 85.9 Å². The minimum atomic E-state index is -0.257. The summed E-state index contributed by atoms with van der Waals surface area (Å²) >= 11 is 6.05. The smallest absolute Gasteiger partial charge is 0.257 e. The highest BCUT2D eigenvalue weighted by Gasteiger charge is 2.35. The van der Waals surface area contributed by atoms with E-state index in [0.717, 1.165) is 18.4 Å². The molecule has 2 aromatic rings. The quantitative estimate of drug-likeness (QED) is 0.651. The molecular weight excluding hydrogens is 420 g/mol. The number of carbonyl (C=O) groups excluding carboxylic acids is 2. The molecule has 2 amide bonds. The summed E-state index contributed by atoms with van der Waals surface area (Å²) in [4.78, 5) is 24.3. The van der Waals surface area contributed by atoms with E-state index in [-0.39, 0.29) is 23.8 Å². The van der Waals surface area contributed by atoms with Crippen LogP contribution in [0.4, 0.5) is 0 Å². The Hall–Kier alpha value is -2.77. The summed E-state index contributed by atoms with van der Waals surface area (Å²) < 4.78 is 16.3. The molecule has 1 aliphatic rings. The molecule has 8 heteroatoms. The Morgan fingerprint density at radius 1 is 1.10 bits per heavy atom. The van der Waals surface area contributed by atoms with Crippen LogP contribution >= 0.6 is 11.6 Å². The number of amides is 2. The molecule has 3 rings (SSSR count). The molecule has 2 N–H and O–H groups in total. The van der Waals surface area contributed by atoms with E-state index < -0.39 is 0 Å². The molecule has 0 bridgehead atoms. The molecule has 0 spiro atoms. The van der Waals surface area contributed by atoms with Gasteiger partial charge in [-0.2, -0.15) is 0 Å². The molecule has 0 saturated carbocycles. The lowest BCUT2D eigenvalue weighted by Crippen LogP contribution is -2.44. The molecule has 7 nitrogen and oxygen atoms in total. The van der Waals surface area contributed by atoms with Crippen molar-refractivity contribution in [3.63, 3.8) is 0 Å². The third kappa shape index (κ3) is 5.68. The lowest BCUT2D eigenvalue weighted by Gasteiger charge is -2.38. The third-order valence-electron chi connectivity index (χ3n) is 5.56. The van der Waals surface area contributed by atoms with Crippen LogP contribution in [0.2, 0.25) is 5.02 Å². The molecule has 166 valence electrons. The molecule has 1 saturated heterocycles. The van der Waals surface area contributed by atoms with Gasteiger partial charge in [-0.1, -0.05) is 23.7 Å². The molecule has 1 fully saturated rings. The van der Waals surface area contributed by atoms with Gasteiger partial charge in [0, 0.05) is 42.8 Å². The average molecular weight is 447 g/mol. The fourth-order valence-electron chi connectivity index (χ4n) is 3.63. The highest BCUT2D eigenvalue weighted by atomic mass is 35.5. The average Bonchev–Trinajstić information content (AvgIpc) is 2.81. The second-order valence-electron chi connectivity index (χ2n) is 7.41. The first-order valence-corrected chi connectivity index (χ1v) is 10.5. The van der Waals surface area contributed by atoms with Gasteiger partial charge in [0.05, 0.1) is 7.11 Å². The van der Waals surface area contributed by atoms with Crippen LogP contribution in [0, 0.1) is 0 Å². The Morgan fingerprint density at radius 2 is 1.81 bits per heavy atom. The predicted molar refractivity (Wildman–Crippen MR) is 118 cm³/mol. The van der Waals surface area contributed by atoms with Crippen LogP contribution in [-0.2, 0) is 14.9 Å². The summed E-state index contributed by atoms with van der Waals surface area (Å²) in [5.74, 6) is 0.309. The number of hydrogen-bond acceptors (Lipinski definition) is 5. The predicted octanol–water partition coefficient (Wildman–Crippen LogP) is 2.95.